The first-order chi connectivity index (χ1) is 26.8. The highest BCUT2D eigenvalue weighted by atomic mass is 16.7. The number of aliphatic hydroxyl groups is 5. The monoisotopic (exact) mass is 821 g/mol. The van der Waals surface area contributed by atoms with Crippen molar-refractivity contribution in [1.29, 1.82) is 0 Å². The summed E-state index contributed by atoms with van der Waals surface area (Å²) in [6, 6.07) is 0. The Labute approximate surface area is 337 Å². The molecule has 2 heterocycles. The number of fused-ring (bicyclic) bond motifs is 7. The molecule has 0 radical (unpaired) electrons. The molecular weight excluding hydrogens is 760 g/mol. The molecule has 0 aromatic carbocycles. The molecule has 1 saturated heterocycles. The standard InChI is InChI=1S/C42H60O16/c1-37(2)21-8-11-42(7)31(20(43)16-18-19-17-39(4,36(53)54)13-12-38(19,3)14-15-41(18,42)6)40(21,5)10-9-22(37)55-34-27(48)25(46)28(30(58-34)33(51)52)56-35-26(47)23(44)24(45)29(57-35)32(49)50/h16,19,21-31,35,44-48H,8-15,17H2,1-7H3,(H2-,49,50,51,52,53,54)/p+1/t19?,21?,22?,23-,24-,25+,26+,27+,28-,29-,30-,31?,35+,38?,39?,40?,41?,42?/m0/s1. The van der Waals surface area contributed by atoms with Crippen LogP contribution in [0.4, 0.5) is 0 Å². The van der Waals surface area contributed by atoms with Crippen molar-refractivity contribution in [1.82, 2.24) is 0 Å². The lowest BCUT2D eigenvalue weighted by Gasteiger charge is -2.70. The second-order valence-electron chi connectivity index (χ2n) is 20.5. The summed E-state index contributed by atoms with van der Waals surface area (Å²) < 4.78 is 22.6. The van der Waals surface area contributed by atoms with Crippen molar-refractivity contribution in [3.05, 3.63) is 11.6 Å². The summed E-state index contributed by atoms with van der Waals surface area (Å²) in [4.78, 5) is 51.4. The molecule has 0 aromatic heterocycles. The number of aliphatic carboxylic acids is 3. The largest absolute Gasteiger partial charge is 0.519 e. The number of hydrogen-bond acceptors (Lipinski definition) is 12. The molecule has 7 aliphatic rings. The van der Waals surface area contributed by atoms with Crippen LogP contribution in [0, 0.1) is 50.2 Å². The molecule has 9 unspecified atom stereocenters. The third-order valence-electron chi connectivity index (χ3n) is 17.1. The number of carbonyl (C=O) groups is 4. The van der Waals surface area contributed by atoms with Crippen molar-refractivity contribution in [2.75, 3.05) is 0 Å². The maximum absolute atomic E-state index is 14.8. The number of carbonyl (C=O) groups excluding carboxylic acids is 2. The van der Waals surface area contributed by atoms with Crippen molar-refractivity contribution in [2.24, 2.45) is 50.2 Å². The number of carboxylic acid groups (broad SMARTS) is 3. The van der Waals surface area contributed by atoms with E-state index in [4.69, 9.17) is 18.6 Å². The van der Waals surface area contributed by atoms with Crippen LogP contribution in [0.1, 0.15) is 106 Å². The van der Waals surface area contributed by atoms with E-state index in [2.05, 4.69) is 27.7 Å². The number of allylic oxidation sites excluding steroid dienone is 2. The fourth-order valence-corrected chi connectivity index (χ4v) is 13.2. The average Bonchev–Trinajstić information content (AvgIpc) is 3.13. The van der Waals surface area contributed by atoms with Crippen molar-refractivity contribution in [3.8, 4) is 0 Å². The number of ether oxygens (including phenoxy) is 3. The van der Waals surface area contributed by atoms with Gasteiger partial charge in [-0.3, -0.25) is 9.59 Å². The van der Waals surface area contributed by atoms with Gasteiger partial charge in [0.25, 0.3) is 0 Å². The van der Waals surface area contributed by atoms with Crippen LogP contribution in [-0.2, 0) is 37.8 Å². The zero-order valence-corrected chi connectivity index (χ0v) is 34.3. The Bertz CT molecular complexity index is 1790. The summed E-state index contributed by atoms with van der Waals surface area (Å²) in [6.07, 6.45) is -10.8. The minimum absolute atomic E-state index is 0.00994. The summed E-state index contributed by atoms with van der Waals surface area (Å²) in [7, 11) is 0. The van der Waals surface area contributed by atoms with Gasteiger partial charge < -0.3 is 59.5 Å². The summed E-state index contributed by atoms with van der Waals surface area (Å²) in [5.41, 5.74) is -1.68. The Morgan fingerprint density at radius 2 is 1.45 bits per heavy atom. The topological polar surface area (TPSA) is 269 Å². The molecule has 4 saturated carbocycles. The highest BCUT2D eigenvalue weighted by Gasteiger charge is 2.71. The highest BCUT2D eigenvalue weighted by molar-refractivity contribution is 5.95. The second-order valence-corrected chi connectivity index (χ2v) is 20.5. The van der Waals surface area contributed by atoms with Gasteiger partial charge in [-0.15, -0.1) is 0 Å². The smallest absolute Gasteiger partial charge is 0.481 e. The molecule has 0 amide bonds. The second kappa shape index (κ2) is 14.0. The molecule has 16 nitrogen and oxygen atoms in total. The lowest BCUT2D eigenvalue weighted by molar-refractivity contribution is -0.535. The van der Waals surface area contributed by atoms with Gasteiger partial charge in [-0.2, -0.15) is 0 Å². The molecule has 324 valence electrons. The van der Waals surface area contributed by atoms with E-state index in [1.807, 2.05) is 26.8 Å². The van der Waals surface area contributed by atoms with Gasteiger partial charge in [0, 0.05) is 17.8 Å². The molecule has 58 heavy (non-hydrogen) atoms. The minimum Gasteiger partial charge on any atom is -0.481 e. The molecule has 2 aliphatic heterocycles. The fourth-order valence-electron chi connectivity index (χ4n) is 13.2. The third-order valence-corrected chi connectivity index (χ3v) is 17.1. The Hall–Kier alpha value is -2.99. The van der Waals surface area contributed by atoms with E-state index in [-0.39, 0.29) is 34.4 Å². The van der Waals surface area contributed by atoms with Crippen molar-refractivity contribution in [2.45, 2.75) is 167 Å². The van der Waals surface area contributed by atoms with Crippen LogP contribution in [-0.4, -0.2) is 132 Å². The zero-order chi connectivity index (χ0) is 42.9. The van der Waals surface area contributed by atoms with Gasteiger partial charge in [-0.05, 0) is 97.9 Å². The van der Waals surface area contributed by atoms with Gasteiger partial charge in [0.2, 0.25) is 6.10 Å². The Kier molecular flexibility index (Phi) is 10.4. The van der Waals surface area contributed by atoms with Gasteiger partial charge in [-0.25, -0.2) is 9.59 Å². The Balaban J connectivity index is 1.14. The SMILES string of the molecule is CC1(C(=O)O)CCC2(C)CCC3(C)C(=CC(=O)C4C5(C)CCC(OC6=[O+][C@H](C(=O)O)[C@@H](O[C@@H]7O[C@H](C(=O)O)[C@@H](O)[C@H](O)[C@H]7O)[C@H](O)[C@H]6O)C(C)(C)C5CCC43C)C2C1. The molecule has 5 fully saturated rings. The molecule has 0 bridgehead atoms. The van der Waals surface area contributed by atoms with E-state index < -0.39 is 107 Å². The molecule has 0 spiro atoms. The predicted molar refractivity (Wildman–Crippen MR) is 200 cm³/mol. The van der Waals surface area contributed by atoms with Gasteiger partial charge in [0.05, 0.1) is 5.41 Å². The van der Waals surface area contributed by atoms with E-state index in [1.54, 1.807) is 0 Å². The molecule has 16 heteroatoms. The van der Waals surface area contributed by atoms with Gasteiger partial charge in [0.15, 0.2) is 30.4 Å². The molecule has 7 rings (SSSR count). The van der Waals surface area contributed by atoms with E-state index in [1.165, 1.54) is 0 Å². The highest BCUT2D eigenvalue weighted by Crippen LogP contribution is 2.75. The van der Waals surface area contributed by atoms with Crippen LogP contribution in [0.3, 0.4) is 0 Å². The first-order valence-corrected chi connectivity index (χ1v) is 20.6. The van der Waals surface area contributed by atoms with Crippen LogP contribution < -0.4 is 0 Å². The van der Waals surface area contributed by atoms with E-state index in [0.29, 0.717) is 25.7 Å². The number of aliphatic hydroxyl groups excluding tert-OH is 5. The van der Waals surface area contributed by atoms with Crippen LogP contribution in [0.15, 0.2) is 11.6 Å². The van der Waals surface area contributed by atoms with Crippen LogP contribution in [0.2, 0.25) is 0 Å². The number of ketones is 1. The summed E-state index contributed by atoms with van der Waals surface area (Å²) in [5.74, 6) is -5.04. The molecule has 8 N–H and O–H groups in total. The van der Waals surface area contributed by atoms with E-state index in [9.17, 15) is 60.0 Å². The van der Waals surface area contributed by atoms with Crippen LogP contribution in [0.5, 0.6) is 0 Å². The van der Waals surface area contributed by atoms with E-state index in [0.717, 1.165) is 37.7 Å². The number of carboxylic acids is 3. The maximum atomic E-state index is 14.8. The third kappa shape index (κ3) is 6.12. The first-order valence-electron chi connectivity index (χ1n) is 20.6. The van der Waals surface area contributed by atoms with Crippen LogP contribution in [0.25, 0.3) is 0 Å². The van der Waals surface area contributed by atoms with Gasteiger partial charge >= 0.3 is 30.0 Å². The Morgan fingerprint density at radius 1 is 0.793 bits per heavy atom. The zero-order valence-electron chi connectivity index (χ0n) is 34.3. The number of rotatable bonds is 6. The molecule has 5 aliphatic carbocycles. The first kappa shape index (κ1) is 43.1. The normalized spacial score (nSPS) is 51.1. The van der Waals surface area contributed by atoms with Crippen molar-refractivity contribution >= 4 is 29.7 Å². The number of hydrogen-bond donors (Lipinski definition) is 8. The maximum Gasteiger partial charge on any atom is 0.519 e. The van der Waals surface area contributed by atoms with Gasteiger partial charge in [-0.1, -0.05) is 47.1 Å². The van der Waals surface area contributed by atoms with Crippen LogP contribution >= 0.6 is 0 Å². The average molecular weight is 822 g/mol. The number of esters is 1. The summed E-state index contributed by atoms with van der Waals surface area (Å²) in [6.45, 7) is 14.9. The predicted octanol–water partition coefficient (Wildman–Crippen LogP) is 1.97. The molecular formula is C42H61O16+. The minimum atomic E-state index is -2.06. The lowest BCUT2D eigenvalue weighted by Crippen LogP contribution is -2.67. The summed E-state index contributed by atoms with van der Waals surface area (Å²) in [5, 5.41) is 83.0. The lowest BCUT2D eigenvalue weighted by atomic mass is 9.33. The van der Waals surface area contributed by atoms with Crippen molar-refractivity contribution < 1.29 is 78.7 Å². The van der Waals surface area contributed by atoms with E-state index >= 15 is 0 Å². The molecule has 0 aromatic rings. The summed E-state index contributed by atoms with van der Waals surface area (Å²) >= 11 is 0. The fraction of sp³-hybridized carbons (Fsp3) is 0.833. The molecule has 18 atom stereocenters. The Morgan fingerprint density at radius 3 is 2.07 bits per heavy atom. The quantitative estimate of drug-likeness (QED) is 0.141. The van der Waals surface area contributed by atoms with Gasteiger partial charge in [0.1, 0.15) is 24.4 Å². The van der Waals surface area contributed by atoms with Crippen molar-refractivity contribution in [3.63, 3.8) is 0 Å².